The maximum absolute atomic E-state index is 12.8. The highest BCUT2D eigenvalue weighted by Gasteiger charge is 2.22. The zero-order valence-electron chi connectivity index (χ0n) is 17.6. The third-order valence-electron chi connectivity index (χ3n) is 6.12. The van der Waals surface area contributed by atoms with Crippen LogP contribution in [-0.4, -0.2) is 47.8 Å². The van der Waals surface area contributed by atoms with Crippen LogP contribution >= 0.6 is 0 Å². The topological polar surface area (TPSA) is 52.7 Å². The average Bonchev–Trinajstić information content (AvgIpc) is 3.19. The molecule has 2 fully saturated rings. The first-order chi connectivity index (χ1) is 14.7. The number of likely N-dealkylation sites (tertiary alicyclic amines) is 2. The molecule has 2 aromatic rings. The first-order valence-corrected chi connectivity index (χ1v) is 11.2. The van der Waals surface area contributed by atoms with Gasteiger partial charge in [-0.2, -0.15) is 0 Å². The zero-order chi connectivity index (χ0) is 20.8. The quantitative estimate of drug-likeness (QED) is 0.794. The van der Waals surface area contributed by atoms with E-state index in [9.17, 15) is 9.59 Å². The second-order valence-corrected chi connectivity index (χ2v) is 8.39. The molecule has 5 heteroatoms. The van der Waals surface area contributed by atoms with Gasteiger partial charge in [0, 0.05) is 25.2 Å². The van der Waals surface area contributed by atoms with E-state index in [-0.39, 0.29) is 11.8 Å². The molecule has 0 saturated carbocycles. The number of nitrogens with one attached hydrogen (secondary N) is 1. The van der Waals surface area contributed by atoms with Crippen LogP contribution in [0, 0.1) is 0 Å². The van der Waals surface area contributed by atoms with Crippen LogP contribution in [0.25, 0.3) is 0 Å². The minimum absolute atomic E-state index is 0.00352. The van der Waals surface area contributed by atoms with Gasteiger partial charge in [0.1, 0.15) is 0 Å². The molecule has 1 N–H and O–H groups in total. The largest absolute Gasteiger partial charge is 0.339 e. The first kappa shape index (κ1) is 20.6. The van der Waals surface area contributed by atoms with E-state index in [0.717, 1.165) is 45.6 Å². The van der Waals surface area contributed by atoms with Crippen LogP contribution in [0.4, 0.5) is 5.69 Å². The van der Waals surface area contributed by atoms with Crippen molar-refractivity contribution < 1.29 is 9.59 Å². The van der Waals surface area contributed by atoms with E-state index < -0.39 is 0 Å². The highest BCUT2D eigenvalue weighted by molar-refractivity contribution is 6.09. The first-order valence-electron chi connectivity index (χ1n) is 11.2. The van der Waals surface area contributed by atoms with E-state index in [1.165, 1.54) is 31.2 Å². The fourth-order valence-corrected chi connectivity index (χ4v) is 4.38. The van der Waals surface area contributed by atoms with Crippen LogP contribution in [-0.2, 0) is 6.54 Å². The molecule has 0 aliphatic carbocycles. The predicted molar refractivity (Wildman–Crippen MR) is 120 cm³/mol. The zero-order valence-corrected chi connectivity index (χ0v) is 17.6. The van der Waals surface area contributed by atoms with Crippen molar-refractivity contribution in [1.29, 1.82) is 0 Å². The van der Waals surface area contributed by atoms with E-state index in [1.54, 1.807) is 12.1 Å². The SMILES string of the molecule is O=C(Nc1ccccc1C(=O)N1CCCC1)c1ccc(CN2CCCCCC2)cc1. The van der Waals surface area contributed by atoms with Crippen molar-refractivity contribution in [3.05, 3.63) is 65.2 Å². The van der Waals surface area contributed by atoms with Crippen LogP contribution in [0.2, 0.25) is 0 Å². The van der Waals surface area contributed by atoms with Gasteiger partial charge < -0.3 is 10.2 Å². The van der Waals surface area contributed by atoms with Crippen LogP contribution in [0.5, 0.6) is 0 Å². The maximum Gasteiger partial charge on any atom is 0.255 e. The number of para-hydroxylation sites is 1. The fraction of sp³-hybridized carbons (Fsp3) is 0.440. The molecule has 0 spiro atoms. The highest BCUT2D eigenvalue weighted by atomic mass is 16.2. The van der Waals surface area contributed by atoms with Crippen LogP contribution in [0.1, 0.15) is 64.8 Å². The molecule has 2 heterocycles. The summed E-state index contributed by atoms with van der Waals surface area (Å²) >= 11 is 0. The van der Waals surface area contributed by atoms with E-state index in [2.05, 4.69) is 10.2 Å². The lowest BCUT2D eigenvalue weighted by atomic mass is 10.1. The van der Waals surface area contributed by atoms with Gasteiger partial charge in [0.25, 0.3) is 11.8 Å². The lowest BCUT2D eigenvalue weighted by Crippen LogP contribution is -2.28. The van der Waals surface area contributed by atoms with Crippen molar-refractivity contribution >= 4 is 17.5 Å². The van der Waals surface area contributed by atoms with Crippen molar-refractivity contribution in [3.8, 4) is 0 Å². The van der Waals surface area contributed by atoms with Crippen molar-refractivity contribution in [3.63, 3.8) is 0 Å². The number of anilines is 1. The number of rotatable bonds is 5. The molecule has 158 valence electrons. The minimum atomic E-state index is -0.182. The van der Waals surface area contributed by atoms with Crippen molar-refractivity contribution in [2.75, 3.05) is 31.5 Å². The molecule has 30 heavy (non-hydrogen) atoms. The Labute approximate surface area is 179 Å². The molecule has 0 unspecified atom stereocenters. The van der Waals surface area contributed by atoms with Gasteiger partial charge in [-0.3, -0.25) is 14.5 Å². The third-order valence-corrected chi connectivity index (χ3v) is 6.12. The summed E-state index contributed by atoms with van der Waals surface area (Å²) in [6, 6.07) is 15.1. The molecule has 0 radical (unpaired) electrons. The molecule has 0 aromatic heterocycles. The maximum atomic E-state index is 12.8. The van der Waals surface area contributed by atoms with Gasteiger partial charge in [-0.15, -0.1) is 0 Å². The number of amides is 2. The Hall–Kier alpha value is -2.66. The molecular formula is C25H31N3O2. The summed E-state index contributed by atoms with van der Waals surface area (Å²) in [7, 11) is 0. The Bertz CT molecular complexity index is 864. The second-order valence-electron chi connectivity index (χ2n) is 8.39. The summed E-state index contributed by atoms with van der Waals surface area (Å²) in [4.78, 5) is 30.0. The molecule has 2 aromatic carbocycles. The van der Waals surface area contributed by atoms with Gasteiger partial charge in [0.2, 0.25) is 0 Å². The van der Waals surface area contributed by atoms with Gasteiger partial charge >= 0.3 is 0 Å². The van der Waals surface area contributed by atoms with Crippen LogP contribution in [0.3, 0.4) is 0 Å². The lowest BCUT2D eigenvalue weighted by Gasteiger charge is -2.20. The Kier molecular flexibility index (Phi) is 6.80. The van der Waals surface area contributed by atoms with Gasteiger partial charge in [-0.1, -0.05) is 37.1 Å². The van der Waals surface area contributed by atoms with Gasteiger partial charge in [-0.25, -0.2) is 0 Å². The van der Waals surface area contributed by atoms with E-state index in [0.29, 0.717) is 16.8 Å². The van der Waals surface area contributed by atoms with E-state index >= 15 is 0 Å². The Balaban J connectivity index is 1.41. The minimum Gasteiger partial charge on any atom is -0.339 e. The van der Waals surface area contributed by atoms with Gasteiger partial charge in [-0.05, 0) is 68.6 Å². The Morgan fingerprint density at radius 2 is 1.40 bits per heavy atom. The summed E-state index contributed by atoms with van der Waals surface area (Å²) < 4.78 is 0. The summed E-state index contributed by atoms with van der Waals surface area (Å²) in [5.74, 6) is -0.186. The van der Waals surface area contributed by atoms with Crippen molar-refractivity contribution in [2.24, 2.45) is 0 Å². The van der Waals surface area contributed by atoms with Gasteiger partial charge in [0.05, 0.1) is 11.3 Å². The lowest BCUT2D eigenvalue weighted by molar-refractivity contribution is 0.0794. The van der Waals surface area contributed by atoms with Gasteiger partial charge in [0.15, 0.2) is 0 Å². The molecule has 2 aliphatic rings. The molecular weight excluding hydrogens is 374 g/mol. The van der Waals surface area contributed by atoms with E-state index in [1.807, 2.05) is 41.3 Å². The summed E-state index contributed by atoms with van der Waals surface area (Å²) in [5, 5.41) is 2.94. The Morgan fingerprint density at radius 1 is 0.767 bits per heavy atom. The molecule has 2 amide bonds. The number of carbonyl (C=O) groups is 2. The summed E-state index contributed by atoms with van der Waals surface area (Å²) in [6.07, 6.45) is 7.30. The number of carbonyl (C=O) groups excluding carboxylic acids is 2. The summed E-state index contributed by atoms with van der Waals surface area (Å²) in [6.45, 7) is 4.84. The standard InChI is InChI=1S/C25H31N3O2/c29-24(21-13-11-20(12-14-21)19-27-15-5-1-2-6-16-27)26-23-10-4-3-9-22(23)25(30)28-17-7-8-18-28/h3-4,9-14H,1-2,5-8,15-19H2,(H,26,29). The average molecular weight is 406 g/mol. The van der Waals surface area contributed by atoms with E-state index in [4.69, 9.17) is 0 Å². The third kappa shape index (κ3) is 5.08. The van der Waals surface area contributed by atoms with Crippen LogP contribution < -0.4 is 5.32 Å². The highest BCUT2D eigenvalue weighted by Crippen LogP contribution is 2.21. The summed E-state index contributed by atoms with van der Waals surface area (Å²) in [5.41, 5.74) is 2.98. The number of benzene rings is 2. The number of nitrogens with zero attached hydrogens (tertiary/aromatic N) is 2. The molecule has 0 bridgehead atoms. The molecule has 4 rings (SSSR count). The molecule has 2 aliphatic heterocycles. The normalized spacial score (nSPS) is 17.5. The number of hydrogen-bond acceptors (Lipinski definition) is 3. The second kappa shape index (κ2) is 9.90. The van der Waals surface area contributed by atoms with Crippen molar-refractivity contribution in [1.82, 2.24) is 9.80 Å². The molecule has 0 atom stereocenters. The predicted octanol–water partition coefficient (Wildman–Crippen LogP) is 4.55. The van der Waals surface area contributed by atoms with Crippen molar-refractivity contribution in [2.45, 2.75) is 45.1 Å². The molecule has 5 nitrogen and oxygen atoms in total. The smallest absolute Gasteiger partial charge is 0.255 e. The fourth-order valence-electron chi connectivity index (χ4n) is 4.38. The molecule has 2 saturated heterocycles. The monoisotopic (exact) mass is 405 g/mol. The number of hydrogen-bond donors (Lipinski definition) is 1. The Morgan fingerprint density at radius 3 is 2.10 bits per heavy atom. The van der Waals surface area contributed by atoms with Crippen LogP contribution in [0.15, 0.2) is 48.5 Å².